The third kappa shape index (κ3) is 2.94. The van der Waals surface area contributed by atoms with E-state index in [9.17, 15) is 0 Å². The number of nitrogens with one attached hydrogen (secondary N) is 1. The summed E-state index contributed by atoms with van der Waals surface area (Å²) < 4.78 is 19.7. The molecule has 2 aliphatic rings. The average molecular weight is 302 g/mol. The molecule has 3 rings (SSSR count). The van der Waals surface area contributed by atoms with Gasteiger partial charge in [-0.2, -0.15) is 0 Å². The summed E-state index contributed by atoms with van der Waals surface area (Å²) in [5.74, 6) is 4.22. The summed E-state index contributed by atoms with van der Waals surface area (Å²) in [5, 5.41) is 3.43. The smallest absolute Gasteiger partial charge is 0.292 e. The maximum absolute atomic E-state index is 6.00. The van der Waals surface area contributed by atoms with E-state index in [1.165, 1.54) is 6.42 Å². The molecule has 2 atom stereocenters. The van der Waals surface area contributed by atoms with Crippen molar-refractivity contribution in [1.29, 1.82) is 0 Å². The van der Waals surface area contributed by atoms with Gasteiger partial charge in [-0.05, 0) is 12.3 Å². The van der Waals surface area contributed by atoms with Crippen LogP contribution >= 0.6 is 24.1 Å². The van der Waals surface area contributed by atoms with E-state index in [-0.39, 0.29) is 18.1 Å². The van der Waals surface area contributed by atoms with Crippen molar-refractivity contribution in [1.82, 2.24) is 14.1 Å². The minimum atomic E-state index is -0.245. The number of halogens is 1. The van der Waals surface area contributed by atoms with Crippen molar-refractivity contribution in [3.63, 3.8) is 0 Å². The molecule has 1 aliphatic heterocycles. The maximum Gasteiger partial charge on any atom is 0.292 e. The van der Waals surface area contributed by atoms with Gasteiger partial charge in [0, 0.05) is 25.8 Å². The zero-order valence-electron chi connectivity index (χ0n) is 10.4. The number of fused-ring (bicyclic) bond motifs is 2. The number of piperidine rings is 1. The Morgan fingerprint density at radius 1 is 1.47 bits per heavy atom. The summed E-state index contributed by atoms with van der Waals surface area (Å²) in [4.78, 5) is 0. The van der Waals surface area contributed by atoms with Crippen molar-refractivity contribution in [2.45, 2.75) is 31.4 Å². The lowest BCUT2D eigenvalue weighted by Gasteiger charge is -2.27. The van der Waals surface area contributed by atoms with Crippen LogP contribution in [0.5, 0.6) is 11.8 Å². The highest BCUT2D eigenvalue weighted by atomic mass is 35.5. The second-order valence-corrected chi connectivity index (χ2v) is 5.29. The third-order valence-electron chi connectivity index (χ3n) is 3.50. The Bertz CT molecular complexity index is 466. The average Bonchev–Trinajstić information content (AvgIpc) is 3.06. The monoisotopic (exact) mass is 301 g/mol. The second kappa shape index (κ2) is 5.95. The van der Waals surface area contributed by atoms with E-state index >= 15 is 0 Å². The van der Waals surface area contributed by atoms with Crippen molar-refractivity contribution < 1.29 is 9.47 Å². The number of aromatic nitrogens is 2. The van der Waals surface area contributed by atoms with Crippen LogP contribution in [0.1, 0.15) is 25.7 Å². The Balaban J connectivity index is 0.00000133. The van der Waals surface area contributed by atoms with Crippen molar-refractivity contribution in [3.05, 3.63) is 0 Å². The molecule has 0 radical (unpaired) electrons. The molecule has 1 aromatic rings. The lowest BCUT2D eigenvalue weighted by atomic mass is 10.1. The fourth-order valence-electron chi connectivity index (χ4n) is 2.62. The standard InChI is InChI=1S/C12H15N3O2S.ClH/c1-2-3-6-16-10-11(15-18-14-10)17-12-5-4-9(7-12)8-13-12;/h1,9,13H,3-8H2;1H. The molecule has 0 spiro atoms. The van der Waals surface area contributed by atoms with Gasteiger partial charge in [0.15, 0.2) is 5.72 Å². The number of ether oxygens (including phenoxy) is 2. The fraction of sp³-hybridized carbons (Fsp3) is 0.667. The molecule has 0 aromatic carbocycles. The van der Waals surface area contributed by atoms with E-state index in [4.69, 9.17) is 15.9 Å². The van der Waals surface area contributed by atoms with Crippen LogP contribution in [0.4, 0.5) is 0 Å². The third-order valence-corrected chi connectivity index (χ3v) is 3.99. The van der Waals surface area contributed by atoms with E-state index < -0.39 is 0 Å². The Hall–Kier alpha value is -1.03. The summed E-state index contributed by atoms with van der Waals surface area (Å²) in [7, 11) is 0. The SMILES string of the molecule is C#CCCOc1nsnc1OC12CCC(CN1)C2.Cl. The number of rotatable bonds is 5. The molecule has 2 heterocycles. The van der Waals surface area contributed by atoms with E-state index in [1.54, 1.807) is 0 Å². The first-order chi connectivity index (χ1) is 8.81. The van der Waals surface area contributed by atoms with Crippen LogP contribution in [0.3, 0.4) is 0 Å². The van der Waals surface area contributed by atoms with Crippen molar-refractivity contribution in [2.75, 3.05) is 13.2 Å². The van der Waals surface area contributed by atoms with Gasteiger partial charge in [0.05, 0.1) is 11.7 Å². The molecular formula is C12H16ClN3O2S. The molecule has 1 saturated carbocycles. The zero-order chi connectivity index (χ0) is 12.4. The molecule has 2 bridgehead atoms. The lowest BCUT2D eigenvalue weighted by molar-refractivity contribution is 0.0479. The number of hydrogen-bond donors (Lipinski definition) is 1. The van der Waals surface area contributed by atoms with Crippen LogP contribution in [-0.4, -0.2) is 27.6 Å². The van der Waals surface area contributed by atoms with Gasteiger partial charge in [-0.1, -0.05) is 0 Å². The topological polar surface area (TPSA) is 56.3 Å². The van der Waals surface area contributed by atoms with Crippen LogP contribution in [0, 0.1) is 18.3 Å². The van der Waals surface area contributed by atoms with E-state index in [0.29, 0.717) is 24.8 Å². The summed E-state index contributed by atoms with van der Waals surface area (Å²) >= 11 is 1.10. The molecule has 7 heteroatoms. The highest BCUT2D eigenvalue weighted by Crippen LogP contribution is 2.42. The molecule has 1 aromatic heterocycles. The van der Waals surface area contributed by atoms with Crippen molar-refractivity contribution in [3.8, 4) is 24.1 Å². The van der Waals surface area contributed by atoms with Crippen molar-refractivity contribution in [2.24, 2.45) is 5.92 Å². The second-order valence-electron chi connectivity index (χ2n) is 4.76. The Labute approximate surface area is 122 Å². The quantitative estimate of drug-likeness (QED) is 0.664. The van der Waals surface area contributed by atoms with Gasteiger partial charge in [-0.3, -0.25) is 5.32 Å². The van der Waals surface area contributed by atoms with Gasteiger partial charge in [0.2, 0.25) is 0 Å². The van der Waals surface area contributed by atoms with E-state index in [0.717, 1.165) is 37.0 Å². The first kappa shape index (κ1) is 14.4. The highest BCUT2D eigenvalue weighted by molar-refractivity contribution is 6.99. The first-order valence-electron chi connectivity index (χ1n) is 6.14. The minimum Gasteiger partial charge on any atom is -0.472 e. The molecule has 1 aliphatic carbocycles. The summed E-state index contributed by atoms with van der Waals surface area (Å²) in [6, 6.07) is 0. The molecule has 1 N–H and O–H groups in total. The van der Waals surface area contributed by atoms with Gasteiger partial charge in [0.1, 0.15) is 6.61 Å². The molecule has 2 unspecified atom stereocenters. The molecule has 2 fully saturated rings. The van der Waals surface area contributed by atoms with Gasteiger partial charge in [-0.25, -0.2) is 0 Å². The highest BCUT2D eigenvalue weighted by Gasteiger charge is 2.47. The summed E-state index contributed by atoms with van der Waals surface area (Å²) in [5.41, 5.74) is -0.245. The predicted octanol–water partition coefficient (Wildman–Crippen LogP) is 1.84. The largest absolute Gasteiger partial charge is 0.472 e. The minimum absolute atomic E-state index is 0. The summed E-state index contributed by atoms with van der Waals surface area (Å²) in [6.07, 6.45) is 9.04. The lowest BCUT2D eigenvalue weighted by Crippen LogP contribution is -2.45. The van der Waals surface area contributed by atoms with Gasteiger partial charge in [-0.15, -0.1) is 33.5 Å². The van der Waals surface area contributed by atoms with Gasteiger partial charge >= 0.3 is 0 Å². The van der Waals surface area contributed by atoms with Gasteiger partial charge < -0.3 is 9.47 Å². The maximum atomic E-state index is 6.00. The number of nitrogens with zero attached hydrogens (tertiary/aromatic N) is 2. The van der Waals surface area contributed by atoms with E-state index in [2.05, 4.69) is 20.0 Å². The molecule has 5 nitrogen and oxygen atoms in total. The predicted molar refractivity (Wildman–Crippen MR) is 74.8 cm³/mol. The summed E-state index contributed by atoms with van der Waals surface area (Å²) in [6.45, 7) is 1.48. The van der Waals surface area contributed by atoms with E-state index in [1.807, 2.05) is 0 Å². The van der Waals surface area contributed by atoms with Crippen LogP contribution in [0.2, 0.25) is 0 Å². The Morgan fingerprint density at radius 3 is 2.95 bits per heavy atom. The zero-order valence-corrected chi connectivity index (χ0v) is 12.1. The van der Waals surface area contributed by atoms with Crippen LogP contribution < -0.4 is 14.8 Å². The number of hydrogen-bond acceptors (Lipinski definition) is 6. The molecule has 0 amide bonds. The molecule has 104 valence electrons. The molecule has 19 heavy (non-hydrogen) atoms. The van der Waals surface area contributed by atoms with Crippen LogP contribution in [0.15, 0.2) is 0 Å². The molecule has 1 saturated heterocycles. The van der Waals surface area contributed by atoms with Crippen LogP contribution in [0.25, 0.3) is 0 Å². The van der Waals surface area contributed by atoms with Crippen molar-refractivity contribution >= 4 is 24.1 Å². The molecular weight excluding hydrogens is 286 g/mol. The normalized spacial score (nSPS) is 27.6. The van der Waals surface area contributed by atoms with Crippen LogP contribution in [-0.2, 0) is 0 Å². The number of terminal acetylenes is 1. The Morgan fingerprint density at radius 2 is 2.32 bits per heavy atom. The Kier molecular flexibility index (Phi) is 4.50. The first-order valence-corrected chi connectivity index (χ1v) is 6.87. The van der Waals surface area contributed by atoms with Gasteiger partial charge in [0.25, 0.3) is 11.8 Å². The fourth-order valence-corrected chi connectivity index (χ4v) is 3.05.